The van der Waals surface area contributed by atoms with Crippen LogP contribution in [0, 0.1) is 11.6 Å². The van der Waals surface area contributed by atoms with E-state index in [2.05, 4.69) is 27.1 Å². The molecule has 37 heavy (non-hydrogen) atoms. The normalized spacial score (nSPS) is 25.7. The molecule has 1 aromatic carbocycles. The summed E-state index contributed by atoms with van der Waals surface area (Å²) in [6.07, 6.45) is 1.70. The number of likely N-dealkylation sites (tertiary alicyclic amines) is 1. The number of aromatic nitrogens is 2. The Hall–Kier alpha value is -2.66. The van der Waals surface area contributed by atoms with Crippen molar-refractivity contribution in [3.63, 3.8) is 0 Å². The lowest BCUT2D eigenvalue weighted by Crippen LogP contribution is -2.52. The minimum Gasteiger partial charge on any atom is -0.462 e. The van der Waals surface area contributed by atoms with Gasteiger partial charge in [0.15, 0.2) is 0 Å². The average Bonchev–Trinajstić information content (AvgIpc) is 3.45. The fourth-order valence-corrected chi connectivity index (χ4v) is 6.32. The Balaban J connectivity index is 1.34. The van der Waals surface area contributed by atoms with Gasteiger partial charge in [-0.3, -0.25) is 0 Å². The fraction of sp³-hybridized carbons (Fsp3) is 0.615. The van der Waals surface area contributed by atoms with Crippen LogP contribution < -0.4 is 19.9 Å². The number of anilines is 2. The summed E-state index contributed by atoms with van der Waals surface area (Å²) in [7, 11) is 2.07. The summed E-state index contributed by atoms with van der Waals surface area (Å²) in [6.45, 7) is 3.46. The number of halogens is 4. The van der Waals surface area contributed by atoms with Crippen molar-refractivity contribution in [2.45, 2.75) is 63.2 Å². The van der Waals surface area contributed by atoms with E-state index in [9.17, 15) is 17.6 Å². The first kappa shape index (κ1) is 24.7. The van der Waals surface area contributed by atoms with E-state index in [4.69, 9.17) is 9.72 Å². The van der Waals surface area contributed by atoms with Crippen molar-refractivity contribution in [1.82, 2.24) is 20.2 Å². The highest BCUT2D eigenvalue weighted by molar-refractivity contribution is 5.60. The predicted molar refractivity (Wildman–Crippen MR) is 131 cm³/mol. The van der Waals surface area contributed by atoms with E-state index in [1.165, 1.54) is 4.90 Å². The van der Waals surface area contributed by atoms with E-state index in [-0.39, 0.29) is 25.1 Å². The molecular weight excluding hydrogens is 488 g/mol. The number of nitrogens with zero attached hydrogens (tertiary/aromatic N) is 5. The summed E-state index contributed by atoms with van der Waals surface area (Å²) >= 11 is 0. The third-order valence-corrected chi connectivity index (χ3v) is 8.26. The number of benzene rings is 1. The Morgan fingerprint density at radius 3 is 2.49 bits per heavy atom. The quantitative estimate of drug-likeness (QED) is 0.584. The van der Waals surface area contributed by atoms with E-state index in [0.717, 1.165) is 68.8 Å². The maximum atomic E-state index is 14.8. The van der Waals surface area contributed by atoms with Gasteiger partial charge in [-0.15, -0.1) is 0 Å². The van der Waals surface area contributed by atoms with Crippen molar-refractivity contribution in [1.29, 1.82) is 0 Å². The van der Waals surface area contributed by atoms with Crippen LogP contribution in [0.2, 0.25) is 0 Å². The number of hydrogen-bond donors (Lipinski definition) is 1. The number of hydrogen-bond acceptors (Lipinski definition) is 7. The SMILES string of the molecule is CN1CCC[C@H]1COc1nc2c(c(N3C[C@H]4CC[C@@H](C3)N4)n1)CCN(c1c(F)ccc(F)c1C(F)F)C2. The Morgan fingerprint density at radius 1 is 1.03 bits per heavy atom. The molecule has 0 amide bonds. The summed E-state index contributed by atoms with van der Waals surface area (Å²) in [5.41, 5.74) is 0.243. The first-order valence-electron chi connectivity index (χ1n) is 13.1. The summed E-state index contributed by atoms with van der Waals surface area (Å²) in [6, 6.07) is 2.98. The van der Waals surface area contributed by atoms with Crippen molar-refractivity contribution < 1.29 is 22.3 Å². The number of piperazine rings is 1. The molecule has 3 atom stereocenters. The fourth-order valence-electron chi connectivity index (χ4n) is 6.32. The lowest BCUT2D eigenvalue weighted by molar-refractivity contribution is 0.146. The molecule has 2 bridgehead atoms. The van der Waals surface area contributed by atoms with Gasteiger partial charge in [-0.1, -0.05) is 0 Å². The zero-order chi connectivity index (χ0) is 25.7. The molecule has 3 saturated heterocycles. The summed E-state index contributed by atoms with van der Waals surface area (Å²) in [5.74, 6) is -1.16. The smallest absolute Gasteiger partial charge is 0.318 e. The zero-order valence-corrected chi connectivity index (χ0v) is 20.9. The second-order valence-electron chi connectivity index (χ2n) is 10.6. The second-order valence-corrected chi connectivity index (χ2v) is 10.6. The van der Waals surface area contributed by atoms with Crippen LogP contribution in [-0.4, -0.2) is 72.8 Å². The van der Waals surface area contributed by atoms with Crippen molar-refractivity contribution >= 4 is 11.5 Å². The highest BCUT2D eigenvalue weighted by Crippen LogP contribution is 2.39. The Kier molecular flexibility index (Phi) is 6.60. The van der Waals surface area contributed by atoms with Gasteiger partial charge in [0.25, 0.3) is 6.43 Å². The van der Waals surface area contributed by atoms with Crippen LogP contribution in [0.15, 0.2) is 12.1 Å². The molecule has 0 saturated carbocycles. The first-order valence-corrected chi connectivity index (χ1v) is 13.1. The van der Waals surface area contributed by atoms with E-state index in [1.54, 1.807) is 0 Å². The molecule has 0 radical (unpaired) electrons. The van der Waals surface area contributed by atoms with Gasteiger partial charge in [0.2, 0.25) is 0 Å². The van der Waals surface area contributed by atoms with Gasteiger partial charge in [-0.05, 0) is 57.8 Å². The topological polar surface area (TPSA) is 56.8 Å². The van der Waals surface area contributed by atoms with Crippen LogP contribution in [0.25, 0.3) is 0 Å². The van der Waals surface area contributed by atoms with Gasteiger partial charge in [0.1, 0.15) is 24.1 Å². The van der Waals surface area contributed by atoms with Gasteiger partial charge in [0.05, 0.1) is 23.5 Å². The number of nitrogens with one attached hydrogen (secondary N) is 1. The van der Waals surface area contributed by atoms with Crippen molar-refractivity contribution in [2.24, 2.45) is 0 Å². The standard InChI is InChI=1S/C26H32F4N6O/c1-34-9-2-3-17(34)14-37-26-32-21-13-35(23-20(28)7-6-19(27)22(23)24(29)30)10-8-18(21)25(33-26)36-11-15-4-5-16(12-36)31-15/h6-7,15-17,24,31H,2-5,8-14H2,1H3/t15-,16+,17-/m0/s1. The maximum absolute atomic E-state index is 14.8. The molecule has 1 N–H and O–H groups in total. The largest absolute Gasteiger partial charge is 0.462 e. The molecule has 0 unspecified atom stereocenters. The average molecular weight is 521 g/mol. The van der Waals surface area contributed by atoms with Gasteiger partial charge in [-0.25, -0.2) is 17.6 Å². The van der Waals surface area contributed by atoms with Crippen LogP contribution in [-0.2, 0) is 13.0 Å². The number of rotatable bonds is 6. The van der Waals surface area contributed by atoms with Crippen LogP contribution in [0.1, 0.15) is 48.9 Å². The van der Waals surface area contributed by atoms with Crippen molar-refractivity contribution in [2.75, 3.05) is 49.6 Å². The van der Waals surface area contributed by atoms with Crippen LogP contribution in [0.5, 0.6) is 6.01 Å². The molecule has 1 aromatic heterocycles. The van der Waals surface area contributed by atoms with Crippen molar-refractivity contribution in [3.05, 3.63) is 40.6 Å². The van der Waals surface area contributed by atoms with E-state index >= 15 is 0 Å². The van der Waals surface area contributed by atoms with E-state index < -0.39 is 29.3 Å². The van der Waals surface area contributed by atoms with E-state index in [0.29, 0.717) is 30.8 Å². The number of likely N-dealkylation sites (N-methyl/N-ethyl adjacent to an activating group) is 1. The monoisotopic (exact) mass is 520 g/mol. The number of fused-ring (bicyclic) bond motifs is 3. The molecule has 4 aliphatic rings. The lowest BCUT2D eigenvalue weighted by atomic mass is 10.0. The molecule has 200 valence electrons. The molecule has 2 aromatic rings. The first-order chi connectivity index (χ1) is 17.9. The number of alkyl halides is 2. The van der Waals surface area contributed by atoms with Gasteiger partial charge >= 0.3 is 6.01 Å². The lowest BCUT2D eigenvalue weighted by Gasteiger charge is -2.37. The predicted octanol–water partition coefficient (Wildman–Crippen LogP) is 3.67. The highest BCUT2D eigenvalue weighted by atomic mass is 19.3. The third kappa shape index (κ3) is 4.71. The Bertz CT molecular complexity index is 1150. The minimum atomic E-state index is -3.13. The zero-order valence-electron chi connectivity index (χ0n) is 20.9. The molecule has 4 aliphatic heterocycles. The second kappa shape index (κ2) is 9.90. The highest BCUT2D eigenvalue weighted by Gasteiger charge is 2.36. The molecule has 11 heteroatoms. The molecule has 5 heterocycles. The number of ether oxygens (including phenoxy) is 1. The molecule has 0 spiro atoms. The van der Waals surface area contributed by atoms with Crippen LogP contribution in [0.4, 0.5) is 29.1 Å². The van der Waals surface area contributed by atoms with Gasteiger partial charge in [-0.2, -0.15) is 9.97 Å². The summed E-state index contributed by atoms with van der Waals surface area (Å²) in [5, 5.41) is 3.63. The summed E-state index contributed by atoms with van der Waals surface area (Å²) in [4.78, 5) is 15.5. The summed E-state index contributed by atoms with van der Waals surface area (Å²) < 4.78 is 62.7. The minimum absolute atomic E-state index is 0.0730. The Morgan fingerprint density at radius 2 is 1.78 bits per heavy atom. The van der Waals surface area contributed by atoms with Gasteiger partial charge in [0, 0.05) is 43.3 Å². The molecule has 3 fully saturated rings. The molecular formula is C26H32F4N6O. The molecule has 6 rings (SSSR count). The van der Waals surface area contributed by atoms with Crippen LogP contribution >= 0.6 is 0 Å². The molecule has 7 nitrogen and oxygen atoms in total. The molecule has 0 aliphatic carbocycles. The maximum Gasteiger partial charge on any atom is 0.318 e. The van der Waals surface area contributed by atoms with E-state index in [1.807, 2.05) is 0 Å². The van der Waals surface area contributed by atoms with Crippen LogP contribution in [0.3, 0.4) is 0 Å². The van der Waals surface area contributed by atoms with Crippen molar-refractivity contribution in [3.8, 4) is 6.01 Å². The van der Waals surface area contributed by atoms with Gasteiger partial charge < -0.3 is 24.8 Å². The Labute approximate surface area is 213 Å². The third-order valence-electron chi connectivity index (χ3n) is 8.26.